The number of nitrogens with zero attached hydrogens (tertiary/aromatic N) is 1. The number of fused-ring (bicyclic) bond motifs is 1. The van der Waals surface area contributed by atoms with E-state index in [1.54, 1.807) is 18.3 Å². The lowest BCUT2D eigenvalue weighted by Gasteiger charge is -2.24. The van der Waals surface area contributed by atoms with Crippen molar-refractivity contribution in [3.8, 4) is 0 Å². The smallest absolute Gasteiger partial charge is 0.110 e. The molecule has 0 radical (unpaired) electrons. The van der Waals surface area contributed by atoms with Gasteiger partial charge in [-0.15, -0.1) is 11.3 Å². The van der Waals surface area contributed by atoms with Gasteiger partial charge >= 0.3 is 0 Å². The molecular formula is C21H25N3S. The molecule has 0 amide bonds. The standard InChI is InChI=1S/C21H25N3S/c1-13-9-11-17(12-10-13)18-7-5-6-8-19(23)24(16(4)22)21-20(18)14(2)15(3)25-21/h7,9-12,22-23H,5-6,8H2,1-4H3/b18-7-,22-16?,23-19?. The van der Waals surface area contributed by atoms with Gasteiger partial charge in [0, 0.05) is 16.9 Å². The molecule has 1 aromatic heterocycles. The lowest BCUT2D eigenvalue weighted by molar-refractivity contribution is 0.884. The summed E-state index contributed by atoms with van der Waals surface area (Å²) < 4.78 is 0. The first-order valence-electron chi connectivity index (χ1n) is 8.70. The van der Waals surface area contributed by atoms with Crippen molar-refractivity contribution in [2.24, 2.45) is 0 Å². The van der Waals surface area contributed by atoms with E-state index in [2.05, 4.69) is 51.1 Å². The fourth-order valence-electron chi connectivity index (χ4n) is 3.29. The van der Waals surface area contributed by atoms with Gasteiger partial charge < -0.3 is 0 Å². The Bertz CT molecular complexity index is 856. The third kappa shape index (κ3) is 3.31. The minimum atomic E-state index is 0.414. The number of thiophene rings is 1. The zero-order valence-corrected chi connectivity index (χ0v) is 16.2. The highest BCUT2D eigenvalue weighted by atomic mass is 32.1. The topological polar surface area (TPSA) is 50.9 Å². The van der Waals surface area contributed by atoms with Crippen molar-refractivity contribution in [2.45, 2.75) is 47.0 Å². The molecule has 0 saturated carbocycles. The number of rotatable bonds is 1. The van der Waals surface area contributed by atoms with Gasteiger partial charge in [0.15, 0.2) is 0 Å². The lowest BCUT2D eigenvalue weighted by atomic mass is 9.94. The van der Waals surface area contributed by atoms with Crippen molar-refractivity contribution in [1.82, 2.24) is 0 Å². The van der Waals surface area contributed by atoms with Crippen LogP contribution >= 0.6 is 11.3 Å². The Hall–Kier alpha value is -2.20. The minimum absolute atomic E-state index is 0.414. The maximum absolute atomic E-state index is 8.49. The molecule has 2 N–H and O–H groups in total. The second-order valence-corrected chi connectivity index (χ2v) is 7.91. The molecule has 1 aromatic carbocycles. The van der Waals surface area contributed by atoms with E-state index in [9.17, 15) is 0 Å². The zero-order chi connectivity index (χ0) is 18.1. The molecule has 25 heavy (non-hydrogen) atoms. The van der Waals surface area contributed by atoms with Gasteiger partial charge in [0.25, 0.3) is 0 Å². The van der Waals surface area contributed by atoms with Crippen LogP contribution in [0, 0.1) is 31.6 Å². The molecule has 0 aliphatic carbocycles. The quantitative estimate of drug-likeness (QED) is 0.475. The molecule has 0 unspecified atom stereocenters. The molecule has 0 saturated heterocycles. The maximum Gasteiger partial charge on any atom is 0.110 e. The Balaban J connectivity index is 2.26. The molecule has 0 spiro atoms. The van der Waals surface area contributed by atoms with Crippen molar-refractivity contribution < 1.29 is 0 Å². The number of nitrogens with one attached hydrogen (secondary N) is 2. The SMILES string of the molecule is CC(=N)N1C(=N)CCC/C=C(/c2ccc(C)cc2)c2c1sc(C)c2C. The Morgan fingerprint density at radius 1 is 1.12 bits per heavy atom. The van der Waals surface area contributed by atoms with Gasteiger partial charge in [-0.3, -0.25) is 15.7 Å². The highest BCUT2D eigenvalue weighted by Crippen LogP contribution is 2.43. The van der Waals surface area contributed by atoms with Gasteiger partial charge in [0.2, 0.25) is 0 Å². The molecule has 0 fully saturated rings. The van der Waals surface area contributed by atoms with Gasteiger partial charge in [-0.25, -0.2) is 0 Å². The molecule has 4 heteroatoms. The molecule has 3 nitrogen and oxygen atoms in total. The molecular weight excluding hydrogens is 326 g/mol. The highest BCUT2D eigenvalue weighted by Gasteiger charge is 2.26. The lowest BCUT2D eigenvalue weighted by Crippen LogP contribution is -2.34. The number of allylic oxidation sites excluding steroid dienone is 1. The predicted octanol–water partition coefficient (Wildman–Crippen LogP) is 6.07. The summed E-state index contributed by atoms with van der Waals surface area (Å²) in [5, 5.41) is 17.7. The maximum atomic E-state index is 8.49. The summed E-state index contributed by atoms with van der Waals surface area (Å²) in [6, 6.07) is 8.67. The van der Waals surface area contributed by atoms with Crippen molar-refractivity contribution >= 4 is 33.6 Å². The molecule has 3 rings (SSSR count). The van der Waals surface area contributed by atoms with Crippen LogP contribution in [0.3, 0.4) is 0 Å². The highest BCUT2D eigenvalue weighted by molar-refractivity contribution is 7.17. The average molecular weight is 352 g/mol. The van der Waals surface area contributed by atoms with E-state index in [1.165, 1.54) is 32.7 Å². The molecule has 0 atom stereocenters. The van der Waals surface area contributed by atoms with Crippen LogP contribution in [0.25, 0.3) is 5.57 Å². The van der Waals surface area contributed by atoms with E-state index in [-0.39, 0.29) is 0 Å². The van der Waals surface area contributed by atoms with Crippen molar-refractivity contribution in [2.75, 3.05) is 4.90 Å². The zero-order valence-electron chi connectivity index (χ0n) is 15.4. The molecule has 1 aliphatic rings. The number of amidine groups is 2. The number of anilines is 1. The van der Waals surface area contributed by atoms with Crippen molar-refractivity contribution in [1.29, 1.82) is 10.8 Å². The first-order chi connectivity index (χ1) is 11.9. The minimum Gasteiger partial charge on any atom is -0.288 e. The average Bonchev–Trinajstić information content (AvgIpc) is 2.86. The molecule has 0 bridgehead atoms. The van der Waals surface area contributed by atoms with E-state index >= 15 is 0 Å². The Morgan fingerprint density at radius 3 is 2.44 bits per heavy atom. The molecule has 2 aromatic rings. The van der Waals surface area contributed by atoms with Crippen LogP contribution < -0.4 is 4.90 Å². The number of hydrogen-bond donors (Lipinski definition) is 2. The summed E-state index contributed by atoms with van der Waals surface area (Å²) in [6.07, 6.45) is 4.90. The second kappa shape index (κ2) is 6.96. The van der Waals surface area contributed by atoms with E-state index < -0.39 is 0 Å². The summed E-state index contributed by atoms with van der Waals surface area (Å²) in [5.74, 6) is 0.936. The Kier molecular flexibility index (Phi) is 4.91. The van der Waals surface area contributed by atoms with Crippen LogP contribution in [-0.4, -0.2) is 11.7 Å². The third-order valence-electron chi connectivity index (χ3n) is 4.77. The van der Waals surface area contributed by atoms with Gasteiger partial charge in [-0.05, 0) is 57.2 Å². The van der Waals surface area contributed by atoms with Crippen LogP contribution in [0.15, 0.2) is 30.3 Å². The fraction of sp³-hybridized carbons (Fsp3) is 0.333. The Labute approximate surface area is 154 Å². The van der Waals surface area contributed by atoms with Crippen LogP contribution in [0.4, 0.5) is 5.00 Å². The van der Waals surface area contributed by atoms with Crippen LogP contribution in [0.1, 0.15) is 53.3 Å². The largest absolute Gasteiger partial charge is 0.288 e. The summed E-state index contributed by atoms with van der Waals surface area (Å²) >= 11 is 1.69. The van der Waals surface area contributed by atoms with Gasteiger partial charge in [0.1, 0.15) is 16.7 Å². The summed E-state index contributed by atoms with van der Waals surface area (Å²) in [4.78, 5) is 3.08. The molecule has 2 heterocycles. The van der Waals surface area contributed by atoms with Crippen molar-refractivity contribution in [3.05, 3.63) is 57.5 Å². The fourth-order valence-corrected chi connectivity index (χ4v) is 4.53. The summed E-state index contributed by atoms with van der Waals surface area (Å²) in [6.45, 7) is 8.17. The van der Waals surface area contributed by atoms with E-state index in [1.807, 2.05) is 4.90 Å². The Morgan fingerprint density at radius 2 is 1.80 bits per heavy atom. The third-order valence-corrected chi connectivity index (χ3v) is 5.97. The second-order valence-electron chi connectivity index (χ2n) is 6.71. The number of aryl methyl sites for hydroxylation is 2. The van der Waals surface area contributed by atoms with Gasteiger partial charge in [-0.2, -0.15) is 0 Å². The summed E-state index contributed by atoms with van der Waals surface area (Å²) in [5.41, 5.74) is 6.14. The van der Waals surface area contributed by atoms with Crippen LogP contribution in [-0.2, 0) is 0 Å². The van der Waals surface area contributed by atoms with E-state index in [4.69, 9.17) is 10.8 Å². The van der Waals surface area contributed by atoms with Gasteiger partial charge in [0.05, 0.1) is 0 Å². The summed E-state index contributed by atoms with van der Waals surface area (Å²) in [7, 11) is 0. The van der Waals surface area contributed by atoms with E-state index in [0.717, 1.165) is 17.8 Å². The first kappa shape index (κ1) is 17.6. The predicted molar refractivity (Wildman–Crippen MR) is 110 cm³/mol. The van der Waals surface area contributed by atoms with Crippen LogP contribution in [0.2, 0.25) is 0 Å². The van der Waals surface area contributed by atoms with Gasteiger partial charge in [-0.1, -0.05) is 35.9 Å². The first-order valence-corrected chi connectivity index (χ1v) is 9.52. The van der Waals surface area contributed by atoms with Crippen molar-refractivity contribution in [3.63, 3.8) is 0 Å². The molecule has 1 aliphatic heterocycles. The monoisotopic (exact) mass is 351 g/mol. The number of hydrogen-bond acceptors (Lipinski definition) is 3. The molecule has 130 valence electrons. The number of benzene rings is 1. The normalized spacial score (nSPS) is 17.2. The van der Waals surface area contributed by atoms with Crippen LogP contribution in [0.5, 0.6) is 0 Å². The van der Waals surface area contributed by atoms with E-state index in [0.29, 0.717) is 18.1 Å².